The van der Waals surface area contributed by atoms with Crippen molar-refractivity contribution >= 4 is 40.5 Å². The number of nitrogens with one attached hydrogen (secondary N) is 1. The third-order valence-corrected chi connectivity index (χ3v) is 6.57. The first-order valence-corrected chi connectivity index (χ1v) is 12.3. The summed E-state index contributed by atoms with van der Waals surface area (Å²) in [5.41, 5.74) is 2.43. The van der Waals surface area contributed by atoms with Crippen LogP contribution in [0.3, 0.4) is 0 Å². The highest BCUT2D eigenvalue weighted by Crippen LogP contribution is 2.33. The van der Waals surface area contributed by atoms with Gasteiger partial charge in [-0.2, -0.15) is 0 Å². The highest BCUT2D eigenvalue weighted by molar-refractivity contribution is 6.32. The number of nitrogens with zero attached hydrogens (tertiary/aromatic N) is 6. The van der Waals surface area contributed by atoms with Crippen molar-refractivity contribution in [3.8, 4) is 17.1 Å². The Labute approximate surface area is 219 Å². The number of ether oxygens (including phenoxy) is 1. The van der Waals surface area contributed by atoms with Gasteiger partial charge in [0.15, 0.2) is 0 Å². The third kappa shape index (κ3) is 5.03. The summed E-state index contributed by atoms with van der Waals surface area (Å²) < 4.78 is 7.57. The van der Waals surface area contributed by atoms with Crippen LogP contribution in [0.15, 0.2) is 55.0 Å². The molecule has 0 atom stereocenters. The van der Waals surface area contributed by atoms with Crippen molar-refractivity contribution < 1.29 is 14.6 Å². The minimum absolute atomic E-state index is 0.254. The molecule has 3 aromatic heterocycles. The number of halogens is 1. The van der Waals surface area contributed by atoms with Crippen molar-refractivity contribution in [1.82, 2.24) is 24.3 Å². The molecule has 4 aromatic rings. The molecule has 192 valence electrons. The summed E-state index contributed by atoms with van der Waals surface area (Å²) >= 11 is 6.45. The number of rotatable bonds is 6. The Kier molecular flexibility index (Phi) is 6.61. The highest BCUT2D eigenvalue weighted by Gasteiger charge is 2.31. The van der Waals surface area contributed by atoms with Crippen molar-refractivity contribution in [1.29, 1.82) is 0 Å². The lowest BCUT2D eigenvalue weighted by Gasteiger charge is -2.38. The normalized spacial score (nSPS) is 14.2. The second-order valence-electron chi connectivity index (χ2n) is 9.31. The molecule has 1 amide bonds. The van der Waals surface area contributed by atoms with Gasteiger partial charge >= 0.3 is 0 Å². The van der Waals surface area contributed by atoms with E-state index in [9.17, 15) is 9.90 Å². The lowest BCUT2D eigenvalue weighted by molar-refractivity contribution is -0.148. The lowest BCUT2D eigenvalue weighted by Crippen LogP contribution is -2.54. The number of hydrogen-bond acceptors (Lipinski definition) is 8. The van der Waals surface area contributed by atoms with Crippen LogP contribution in [0.4, 0.5) is 17.3 Å². The van der Waals surface area contributed by atoms with E-state index in [1.165, 1.54) is 13.8 Å². The molecule has 0 bridgehead atoms. The molecule has 1 fully saturated rings. The van der Waals surface area contributed by atoms with Crippen molar-refractivity contribution in [3.05, 3.63) is 60.0 Å². The maximum Gasteiger partial charge on any atom is 0.254 e. The average molecular weight is 522 g/mol. The topological polar surface area (TPSA) is 108 Å². The monoisotopic (exact) mass is 521 g/mol. The third-order valence-electron chi connectivity index (χ3n) is 6.29. The van der Waals surface area contributed by atoms with E-state index in [0.717, 1.165) is 17.0 Å². The second kappa shape index (κ2) is 9.87. The minimum atomic E-state index is -1.37. The van der Waals surface area contributed by atoms with Crippen LogP contribution in [-0.4, -0.2) is 74.2 Å². The Hall–Kier alpha value is -3.89. The first kappa shape index (κ1) is 24.8. The van der Waals surface area contributed by atoms with E-state index in [-0.39, 0.29) is 5.91 Å². The lowest BCUT2D eigenvalue weighted by atomic mass is 10.1. The average Bonchev–Trinajstić information content (AvgIpc) is 3.33. The Morgan fingerprint density at radius 3 is 2.62 bits per heavy atom. The molecule has 1 aliphatic rings. The van der Waals surface area contributed by atoms with E-state index < -0.39 is 5.60 Å². The number of amides is 1. The van der Waals surface area contributed by atoms with Crippen LogP contribution < -0.4 is 15.0 Å². The van der Waals surface area contributed by atoms with Gasteiger partial charge in [0, 0.05) is 44.1 Å². The Morgan fingerprint density at radius 1 is 1.11 bits per heavy atom. The van der Waals surface area contributed by atoms with E-state index in [4.69, 9.17) is 16.3 Å². The summed E-state index contributed by atoms with van der Waals surface area (Å²) in [5.74, 6) is 0.744. The SMILES string of the molecule is COc1cc(N2CCN(C(=O)C(C)(C)O)CC2)ccc1Nc1ncc(Cl)c(-c2cnc3ccccn23)n1. The van der Waals surface area contributed by atoms with Crippen LogP contribution in [0.2, 0.25) is 5.02 Å². The number of fused-ring (bicyclic) bond motifs is 1. The van der Waals surface area contributed by atoms with Gasteiger partial charge in [-0.15, -0.1) is 0 Å². The quantitative estimate of drug-likeness (QED) is 0.396. The van der Waals surface area contributed by atoms with Gasteiger partial charge in [0.25, 0.3) is 5.91 Å². The number of methoxy groups -OCH3 is 1. The zero-order valence-corrected chi connectivity index (χ0v) is 21.6. The molecule has 4 heterocycles. The molecule has 10 nitrogen and oxygen atoms in total. The fourth-order valence-corrected chi connectivity index (χ4v) is 4.56. The molecular weight excluding hydrogens is 494 g/mol. The molecule has 1 aliphatic heterocycles. The van der Waals surface area contributed by atoms with Crippen molar-refractivity contribution in [2.24, 2.45) is 0 Å². The van der Waals surface area contributed by atoms with Crippen LogP contribution in [0.25, 0.3) is 17.0 Å². The van der Waals surface area contributed by atoms with Crippen LogP contribution >= 0.6 is 11.6 Å². The first-order chi connectivity index (χ1) is 17.7. The number of carbonyl (C=O) groups excluding carboxylic acids is 1. The maximum atomic E-state index is 12.4. The van der Waals surface area contributed by atoms with Crippen LogP contribution in [-0.2, 0) is 4.79 Å². The van der Waals surface area contributed by atoms with Gasteiger partial charge in [-0.25, -0.2) is 15.0 Å². The van der Waals surface area contributed by atoms with Gasteiger partial charge in [-0.3, -0.25) is 9.20 Å². The zero-order chi connectivity index (χ0) is 26.2. The summed E-state index contributed by atoms with van der Waals surface area (Å²) in [6.07, 6.45) is 5.20. The fraction of sp³-hybridized carbons (Fsp3) is 0.308. The smallest absolute Gasteiger partial charge is 0.254 e. The fourth-order valence-electron chi connectivity index (χ4n) is 4.37. The summed E-state index contributed by atoms with van der Waals surface area (Å²) in [7, 11) is 1.61. The zero-order valence-electron chi connectivity index (χ0n) is 20.8. The Bertz CT molecular complexity index is 1440. The van der Waals surface area contributed by atoms with Gasteiger partial charge in [0.05, 0.1) is 35.9 Å². The largest absolute Gasteiger partial charge is 0.494 e. The van der Waals surface area contributed by atoms with E-state index in [2.05, 4.69) is 25.2 Å². The highest BCUT2D eigenvalue weighted by atomic mass is 35.5. The summed E-state index contributed by atoms with van der Waals surface area (Å²) in [6, 6.07) is 11.6. The number of imidazole rings is 1. The predicted octanol–water partition coefficient (Wildman–Crippen LogP) is 3.62. The van der Waals surface area contributed by atoms with Crippen LogP contribution in [0.1, 0.15) is 13.8 Å². The molecular formula is C26H28ClN7O3. The van der Waals surface area contributed by atoms with Gasteiger partial charge in [-0.1, -0.05) is 17.7 Å². The summed E-state index contributed by atoms with van der Waals surface area (Å²) in [6.45, 7) is 5.42. The number of benzene rings is 1. The number of piperazine rings is 1. The van der Waals surface area contributed by atoms with E-state index >= 15 is 0 Å². The van der Waals surface area contributed by atoms with Crippen molar-refractivity contribution in [2.75, 3.05) is 43.5 Å². The van der Waals surface area contributed by atoms with E-state index in [0.29, 0.717) is 54.3 Å². The maximum absolute atomic E-state index is 12.4. The molecule has 1 aromatic carbocycles. The van der Waals surface area contributed by atoms with Gasteiger partial charge in [-0.05, 0) is 38.1 Å². The Morgan fingerprint density at radius 2 is 1.89 bits per heavy atom. The summed E-state index contributed by atoms with van der Waals surface area (Å²) in [4.78, 5) is 29.7. The summed E-state index contributed by atoms with van der Waals surface area (Å²) in [5, 5.41) is 13.7. The van der Waals surface area contributed by atoms with Gasteiger partial charge < -0.3 is 25.0 Å². The number of aliphatic hydroxyl groups is 1. The number of carbonyl (C=O) groups is 1. The molecule has 37 heavy (non-hydrogen) atoms. The minimum Gasteiger partial charge on any atom is -0.494 e. The number of aromatic nitrogens is 4. The van der Waals surface area contributed by atoms with E-state index in [1.54, 1.807) is 24.4 Å². The van der Waals surface area contributed by atoms with Crippen molar-refractivity contribution in [2.45, 2.75) is 19.4 Å². The molecule has 1 saturated heterocycles. The Balaban J connectivity index is 1.34. The second-order valence-corrected chi connectivity index (χ2v) is 9.72. The standard InChI is InChI=1S/C26H28ClN7O3/c1-26(2,36)24(35)33-12-10-32(11-13-33)17-7-8-19(21(14-17)37-3)30-25-29-15-18(27)23(31-25)20-16-28-22-6-4-5-9-34(20)22/h4-9,14-16,36H,10-13H2,1-3H3,(H,29,30,31). The van der Waals surface area contributed by atoms with E-state index in [1.807, 2.05) is 47.0 Å². The molecule has 11 heteroatoms. The van der Waals surface area contributed by atoms with Gasteiger partial charge in [0.2, 0.25) is 5.95 Å². The number of pyridine rings is 1. The van der Waals surface area contributed by atoms with Gasteiger partial charge in [0.1, 0.15) is 22.7 Å². The van der Waals surface area contributed by atoms with Crippen LogP contribution in [0, 0.1) is 0 Å². The molecule has 0 saturated carbocycles. The number of hydrogen-bond donors (Lipinski definition) is 2. The molecule has 0 aliphatic carbocycles. The molecule has 5 rings (SSSR count). The molecule has 0 unspecified atom stereocenters. The van der Waals surface area contributed by atoms with Crippen molar-refractivity contribution in [3.63, 3.8) is 0 Å². The number of anilines is 3. The molecule has 0 spiro atoms. The molecule has 2 N–H and O–H groups in total. The first-order valence-electron chi connectivity index (χ1n) is 11.9. The van der Waals surface area contributed by atoms with Crippen LogP contribution in [0.5, 0.6) is 5.75 Å². The molecule has 0 radical (unpaired) electrons. The predicted molar refractivity (Wildman–Crippen MR) is 143 cm³/mol.